The van der Waals surface area contributed by atoms with E-state index in [1.54, 1.807) is 0 Å². The fourth-order valence-corrected chi connectivity index (χ4v) is 8.78. The number of ether oxygens (including phenoxy) is 3. The van der Waals surface area contributed by atoms with Gasteiger partial charge in [-0.05, 0) is 44.9 Å². The van der Waals surface area contributed by atoms with Gasteiger partial charge in [0.15, 0.2) is 6.10 Å². The fourth-order valence-electron chi connectivity index (χ4n) is 8.78. The highest BCUT2D eigenvalue weighted by atomic mass is 16.6. The predicted octanol–water partition coefficient (Wildman–Crippen LogP) is 19.5. The van der Waals surface area contributed by atoms with Gasteiger partial charge in [-0.3, -0.25) is 14.4 Å². The van der Waals surface area contributed by atoms with Gasteiger partial charge in [0.05, 0.1) is 0 Å². The van der Waals surface area contributed by atoms with E-state index in [4.69, 9.17) is 14.2 Å². The highest BCUT2D eigenvalue weighted by Gasteiger charge is 2.19. The highest BCUT2D eigenvalue weighted by molar-refractivity contribution is 5.71. The van der Waals surface area contributed by atoms with Crippen LogP contribution in [0.3, 0.4) is 0 Å². The third-order valence-electron chi connectivity index (χ3n) is 13.2. The second kappa shape index (κ2) is 55.5. The maximum atomic E-state index is 12.8. The molecule has 0 rings (SSSR count). The van der Waals surface area contributed by atoms with Gasteiger partial charge in [-0.1, -0.05) is 283 Å². The summed E-state index contributed by atoms with van der Waals surface area (Å²) < 4.78 is 16.8. The van der Waals surface area contributed by atoms with Crippen LogP contribution in [-0.2, 0) is 28.6 Å². The molecule has 0 aliphatic heterocycles. The summed E-state index contributed by atoms with van der Waals surface area (Å²) in [6, 6.07) is 0. The second-order valence-electron chi connectivity index (χ2n) is 19.9. The van der Waals surface area contributed by atoms with Crippen molar-refractivity contribution < 1.29 is 28.6 Å². The Balaban J connectivity index is 4.00. The summed E-state index contributed by atoms with van der Waals surface area (Å²) in [6.45, 7) is 6.56. The highest BCUT2D eigenvalue weighted by Crippen LogP contribution is 2.18. The molecule has 0 aliphatic carbocycles. The topological polar surface area (TPSA) is 78.9 Å². The molecule has 6 nitrogen and oxygen atoms in total. The van der Waals surface area contributed by atoms with Crippen molar-refractivity contribution in [3.8, 4) is 0 Å². The molecule has 0 radical (unpaired) electrons. The van der Waals surface area contributed by atoms with Crippen molar-refractivity contribution in [1.29, 1.82) is 0 Å². The number of carbonyl (C=O) groups is 3. The van der Waals surface area contributed by atoms with Crippen LogP contribution in [0.5, 0.6) is 0 Å². The van der Waals surface area contributed by atoms with Gasteiger partial charge >= 0.3 is 17.9 Å². The lowest BCUT2D eigenvalue weighted by Crippen LogP contribution is -2.30. The van der Waals surface area contributed by atoms with Crippen LogP contribution in [-0.4, -0.2) is 37.2 Å². The molecule has 0 N–H and O–H groups in total. The van der Waals surface area contributed by atoms with Gasteiger partial charge in [-0.2, -0.15) is 0 Å². The number of hydrogen-bond acceptors (Lipinski definition) is 6. The van der Waals surface area contributed by atoms with Crippen molar-refractivity contribution in [2.75, 3.05) is 13.2 Å². The number of carbonyl (C=O) groups excluding carboxylic acids is 3. The number of esters is 3. The van der Waals surface area contributed by atoms with E-state index in [1.807, 2.05) is 0 Å². The molecular weight excluding hydrogens is 817 g/mol. The van der Waals surface area contributed by atoms with Crippen LogP contribution in [0.1, 0.15) is 323 Å². The third-order valence-corrected chi connectivity index (χ3v) is 13.2. The molecule has 0 fully saturated rings. The van der Waals surface area contributed by atoms with Gasteiger partial charge < -0.3 is 14.2 Å². The Morgan fingerprint density at radius 3 is 0.894 bits per heavy atom. The number of hydrogen-bond donors (Lipinski definition) is 0. The van der Waals surface area contributed by atoms with Gasteiger partial charge in [0.25, 0.3) is 0 Å². The Hall–Kier alpha value is -2.11. The van der Waals surface area contributed by atoms with E-state index < -0.39 is 6.10 Å². The molecule has 0 aromatic heterocycles. The third kappa shape index (κ3) is 52.9. The first kappa shape index (κ1) is 63.9. The molecule has 0 heterocycles. The molecule has 388 valence electrons. The fraction of sp³-hybridized carbons (Fsp3) is 0.883. The van der Waals surface area contributed by atoms with Crippen LogP contribution in [0, 0.1) is 0 Å². The molecule has 0 spiro atoms. The van der Waals surface area contributed by atoms with Crippen molar-refractivity contribution >= 4 is 17.9 Å². The van der Waals surface area contributed by atoms with E-state index >= 15 is 0 Å². The van der Waals surface area contributed by atoms with Gasteiger partial charge in [0.2, 0.25) is 0 Å². The zero-order chi connectivity index (χ0) is 47.9. The van der Waals surface area contributed by atoms with E-state index in [9.17, 15) is 14.4 Å². The van der Waals surface area contributed by atoms with Crippen LogP contribution in [0.25, 0.3) is 0 Å². The minimum Gasteiger partial charge on any atom is -0.462 e. The zero-order valence-corrected chi connectivity index (χ0v) is 44.5. The molecule has 0 bridgehead atoms. The molecule has 0 aromatic rings. The Bertz CT molecular complexity index is 1070. The number of unbranched alkanes of at least 4 members (excludes halogenated alkanes) is 39. The molecule has 1 unspecified atom stereocenters. The van der Waals surface area contributed by atoms with Gasteiger partial charge in [-0.25, -0.2) is 0 Å². The quantitative estimate of drug-likeness (QED) is 0.0262. The second-order valence-corrected chi connectivity index (χ2v) is 19.9. The lowest BCUT2D eigenvalue weighted by molar-refractivity contribution is -0.167. The Labute approximate surface area is 411 Å². The molecular formula is C60H112O6. The Kier molecular flexibility index (Phi) is 53.7. The van der Waals surface area contributed by atoms with Crippen LogP contribution in [0.4, 0.5) is 0 Å². The molecule has 0 amide bonds. The maximum Gasteiger partial charge on any atom is 0.306 e. The minimum absolute atomic E-state index is 0.0727. The Morgan fingerprint density at radius 2 is 0.576 bits per heavy atom. The van der Waals surface area contributed by atoms with Crippen LogP contribution in [0.2, 0.25) is 0 Å². The summed E-state index contributed by atoms with van der Waals surface area (Å²) in [5, 5.41) is 0. The first-order chi connectivity index (χ1) is 32.5. The molecule has 0 saturated heterocycles. The van der Waals surface area contributed by atoms with E-state index in [2.05, 4.69) is 45.1 Å². The first-order valence-electron chi connectivity index (χ1n) is 29.3. The SMILES string of the molecule is CCC/C=C\C/C=C\CCCCCCCC(=O)OC(COC(=O)CCCCCCCCC)COC(=O)CCCCCCCCCCCCCCCCCCCCCCCCCCCCCC. The van der Waals surface area contributed by atoms with Crippen LogP contribution >= 0.6 is 0 Å². The smallest absolute Gasteiger partial charge is 0.306 e. The molecule has 1 atom stereocenters. The lowest BCUT2D eigenvalue weighted by atomic mass is 10.0. The average Bonchev–Trinajstić information content (AvgIpc) is 3.31. The monoisotopic (exact) mass is 929 g/mol. The summed E-state index contributed by atoms with van der Waals surface area (Å²) in [6.07, 6.45) is 65.0. The molecule has 0 saturated carbocycles. The molecule has 0 aromatic carbocycles. The number of allylic oxidation sites excluding steroid dienone is 4. The largest absolute Gasteiger partial charge is 0.462 e. The summed E-state index contributed by atoms with van der Waals surface area (Å²) >= 11 is 0. The molecule has 0 aliphatic rings. The van der Waals surface area contributed by atoms with Crippen molar-refractivity contribution in [2.45, 2.75) is 329 Å². The van der Waals surface area contributed by atoms with Gasteiger partial charge in [0.1, 0.15) is 13.2 Å². The van der Waals surface area contributed by atoms with E-state index in [-0.39, 0.29) is 31.1 Å². The lowest BCUT2D eigenvalue weighted by Gasteiger charge is -2.18. The number of rotatable bonds is 54. The van der Waals surface area contributed by atoms with Crippen LogP contribution in [0.15, 0.2) is 24.3 Å². The average molecular weight is 930 g/mol. The van der Waals surface area contributed by atoms with Crippen molar-refractivity contribution in [1.82, 2.24) is 0 Å². The van der Waals surface area contributed by atoms with E-state index in [0.29, 0.717) is 19.3 Å². The first-order valence-corrected chi connectivity index (χ1v) is 29.3. The van der Waals surface area contributed by atoms with E-state index in [0.717, 1.165) is 89.9 Å². The Morgan fingerprint density at radius 1 is 0.303 bits per heavy atom. The summed E-state index contributed by atoms with van der Waals surface area (Å²) in [7, 11) is 0. The minimum atomic E-state index is -0.772. The molecule has 66 heavy (non-hydrogen) atoms. The van der Waals surface area contributed by atoms with Crippen molar-refractivity contribution in [3.05, 3.63) is 24.3 Å². The van der Waals surface area contributed by atoms with Crippen LogP contribution < -0.4 is 0 Å². The summed E-state index contributed by atoms with van der Waals surface area (Å²) in [4.78, 5) is 37.9. The van der Waals surface area contributed by atoms with Gasteiger partial charge in [0, 0.05) is 19.3 Å². The molecule has 6 heteroatoms. The zero-order valence-electron chi connectivity index (χ0n) is 44.5. The van der Waals surface area contributed by atoms with Crippen molar-refractivity contribution in [3.63, 3.8) is 0 Å². The normalized spacial score (nSPS) is 12.1. The summed E-state index contributed by atoms with van der Waals surface area (Å²) in [5.41, 5.74) is 0. The summed E-state index contributed by atoms with van der Waals surface area (Å²) in [5.74, 6) is -0.878. The van der Waals surface area contributed by atoms with E-state index in [1.165, 1.54) is 193 Å². The maximum absolute atomic E-state index is 12.8. The van der Waals surface area contributed by atoms with Crippen molar-refractivity contribution in [2.24, 2.45) is 0 Å². The predicted molar refractivity (Wildman–Crippen MR) is 284 cm³/mol. The van der Waals surface area contributed by atoms with Gasteiger partial charge in [-0.15, -0.1) is 0 Å². The standard InChI is InChI=1S/C60H112O6/c1-4-7-10-13-16-18-20-22-23-24-25-26-27-28-29-30-31-32-33-34-35-36-38-39-41-44-47-50-53-59(62)65-56-57(55-64-58(61)52-49-46-43-15-12-9-6-3)66-60(63)54-51-48-45-42-40-37-21-19-17-14-11-8-5-2/h11,14,19,21,57H,4-10,12-13,15-18,20,22-56H2,1-3H3/b14-11-,21-19-.